The number of benzene rings is 4. The number of halogens is 3. The van der Waals surface area contributed by atoms with Crippen molar-refractivity contribution in [3.05, 3.63) is 114 Å². The van der Waals surface area contributed by atoms with Gasteiger partial charge in [0.15, 0.2) is 11.5 Å². The predicted molar refractivity (Wildman–Crippen MR) is 193 cm³/mol. The largest absolute Gasteiger partial charge is 0.490 e. The Bertz CT molecular complexity index is 1750. The van der Waals surface area contributed by atoms with Crippen molar-refractivity contribution in [3.8, 4) is 22.6 Å². The van der Waals surface area contributed by atoms with Gasteiger partial charge in [-0.3, -0.25) is 0 Å². The van der Waals surface area contributed by atoms with E-state index in [4.69, 9.17) is 19.4 Å². The highest BCUT2D eigenvalue weighted by atomic mass is 19.4. The van der Waals surface area contributed by atoms with Crippen LogP contribution in [0.15, 0.2) is 97.1 Å². The molecule has 3 N–H and O–H groups in total. The van der Waals surface area contributed by atoms with Crippen molar-refractivity contribution in [2.75, 3.05) is 58.4 Å². The Morgan fingerprint density at radius 2 is 1.46 bits per heavy atom. The minimum atomic E-state index is -5.08. The Labute approximate surface area is 301 Å². The summed E-state index contributed by atoms with van der Waals surface area (Å²) in [7, 11) is 2.18. The standard InChI is InChI=1S/C37H43N5O3.C2HF3O2/c1-40-19-21-41(22-20-40)17-6-18-42(37(43)39-34-9-3-2-4-10-34)27-31-7-5-8-33(23-31)32-14-11-29(12-15-32)25-38-26-30-13-16-35-36(24-30)45-28-44-35;3-2(4,5)1(6)7/h2-5,7-16,23-24,38H,6,17-22,25-28H2,1H3,(H,39,43);(H,6,7). The lowest BCUT2D eigenvalue weighted by Gasteiger charge is -2.33. The van der Waals surface area contributed by atoms with E-state index in [1.54, 1.807) is 0 Å². The van der Waals surface area contributed by atoms with Crippen molar-refractivity contribution in [2.24, 2.45) is 0 Å². The fourth-order valence-electron chi connectivity index (χ4n) is 5.82. The highest BCUT2D eigenvalue weighted by molar-refractivity contribution is 5.89. The molecule has 0 bridgehead atoms. The molecule has 1 fully saturated rings. The van der Waals surface area contributed by atoms with Crippen molar-refractivity contribution >= 4 is 17.7 Å². The van der Waals surface area contributed by atoms with Gasteiger partial charge in [0, 0.05) is 58.0 Å². The van der Waals surface area contributed by atoms with Gasteiger partial charge in [-0.2, -0.15) is 13.2 Å². The van der Waals surface area contributed by atoms with Crippen molar-refractivity contribution in [3.63, 3.8) is 0 Å². The van der Waals surface area contributed by atoms with Crippen LogP contribution in [0.25, 0.3) is 11.1 Å². The first-order chi connectivity index (χ1) is 25.0. The average molecular weight is 720 g/mol. The van der Waals surface area contributed by atoms with Crippen LogP contribution in [0, 0.1) is 0 Å². The summed E-state index contributed by atoms with van der Waals surface area (Å²) in [5.74, 6) is -1.14. The molecule has 2 aliphatic heterocycles. The summed E-state index contributed by atoms with van der Waals surface area (Å²) in [6.07, 6.45) is -4.14. The molecule has 0 saturated carbocycles. The number of carbonyl (C=O) groups is 2. The molecule has 4 aromatic carbocycles. The van der Waals surface area contributed by atoms with Gasteiger partial charge in [-0.25, -0.2) is 9.59 Å². The molecule has 13 heteroatoms. The highest BCUT2D eigenvalue weighted by Gasteiger charge is 2.38. The smallest absolute Gasteiger partial charge is 0.475 e. The number of urea groups is 1. The van der Waals surface area contributed by atoms with Crippen LogP contribution in [0.4, 0.5) is 23.7 Å². The van der Waals surface area contributed by atoms with E-state index >= 15 is 0 Å². The lowest BCUT2D eigenvalue weighted by atomic mass is 10.0. The Hall–Kier alpha value is -5.11. The van der Waals surface area contributed by atoms with E-state index in [0.717, 1.165) is 86.1 Å². The fraction of sp³-hybridized carbons (Fsp3) is 0.333. The number of alkyl halides is 3. The second kappa shape index (κ2) is 18.4. The van der Waals surface area contributed by atoms with Crippen molar-refractivity contribution in [2.45, 2.75) is 32.2 Å². The molecule has 2 amide bonds. The van der Waals surface area contributed by atoms with Gasteiger partial charge >= 0.3 is 18.2 Å². The summed E-state index contributed by atoms with van der Waals surface area (Å²) in [4.78, 5) is 29.2. The van der Waals surface area contributed by atoms with Crippen LogP contribution in [0.5, 0.6) is 11.5 Å². The molecule has 0 spiro atoms. The molecule has 276 valence electrons. The number of carboxylic acid groups (broad SMARTS) is 1. The predicted octanol–water partition coefficient (Wildman–Crippen LogP) is 6.68. The molecule has 0 aromatic heterocycles. The van der Waals surface area contributed by atoms with Gasteiger partial charge in [0.25, 0.3) is 0 Å². The van der Waals surface area contributed by atoms with Gasteiger partial charge in [-0.05, 0) is 78.2 Å². The molecular weight excluding hydrogens is 675 g/mol. The van der Waals surface area contributed by atoms with Gasteiger partial charge in [0.2, 0.25) is 6.79 Å². The second-order valence-electron chi connectivity index (χ2n) is 12.7. The van der Waals surface area contributed by atoms with Gasteiger partial charge in [-0.1, -0.05) is 66.7 Å². The minimum absolute atomic E-state index is 0.0671. The van der Waals surface area contributed by atoms with Crippen molar-refractivity contribution in [1.82, 2.24) is 20.0 Å². The number of aliphatic carboxylic acids is 1. The van der Waals surface area contributed by atoms with Gasteiger partial charge in [0.05, 0.1) is 0 Å². The topological polar surface area (TPSA) is 107 Å². The molecule has 1 saturated heterocycles. The number of fused-ring (bicyclic) bond motifs is 1. The molecule has 0 unspecified atom stereocenters. The Morgan fingerprint density at radius 1 is 0.788 bits per heavy atom. The summed E-state index contributed by atoms with van der Waals surface area (Å²) in [6.45, 7) is 8.44. The van der Waals surface area contributed by atoms with E-state index in [-0.39, 0.29) is 6.03 Å². The average Bonchev–Trinajstić information content (AvgIpc) is 3.61. The summed E-state index contributed by atoms with van der Waals surface area (Å²) >= 11 is 0. The number of anilines is 1. The summed E-state index contributed by atoms with van der Waals surface area (Å²) in [5, 5.41) is 13.7. The number of ether oxygens (including phenoxy) is 2. The van der Waals surface area contributed by atoms with E-state index in [1.807, 2.05) is 47.4 Å². The third-order valence-corrected chi connectivity index (χ3v) is 8.74. The first-order valence-corrected chi connectivity index (χ1v) is 17.1. The Morgan fingerprint density at radius 3 is 2.17 bits per heavy atom. The summed E-state index contributed by atoms with van der Waals surface area (Å²) < 4.78 is 42.6. The normalized spacial score (nSPS) is 14.3. The molecule has 2 heterocycles. The van der Waals surface area contributed by atoms with Crippen LogP contribution in [0.2, 0.25) is 0 Å². The third kappa shape index (κ3) is 11.7. The number of nitrogens with one attached hydrogen (secondary N) is 2. The number of hydrogen-bond acceptors (Lipinski definition) is 7. The fourth-order valence-corrected chi connectivity index (χ4v) is 5.82. The molecule has 10 nitrogen and oxygen atoms in total. The summed E-state index contributed by atoms with van der Waals surface area (Å²) in [5.41, 5.74) is 6.62. The zero-order valence-electron chi connectivity index (χ0n) is 29.1. The van der Waals surface area contributed by atoms with E-state index in [9.17, 15) is 18.0 Å². The third-order valence-electron chi connectivity index (χ3n) is 8.74. The number of para-hydroxylation sites is 1. The number of carboxylic acids is 1. The number of hydrogen-bond donors (Lipinski definition) is 3. The molecule has 6 rings (SSSR count). The Kier molecular flexibility index (Phi) is 13.5. The van der Waals surface area contributed by atoms with E-state index in [2.05, 4.69) is 82.1 Å². The zero-order valence-corrected chi connectivity index (χ0v) is 29.1. The summed E-state index contributed by atoms with van der Waals surface area (Å²) in [6, 6.07) is 32.9. The van der Waals surface area contributed by atoms with Crippen LogP contribution < -0.4 is 20.1 Å². The van der Waals surface area contributed by atoms with Crippen molar-refractivity contribution < 1.29 is 37.3 Å². The number of amides is 2. The quantitative estimate of drug-likeness (QED) is 0.149. The minimum Gasteiger partial charge on any atom is -0.475 e. The lowest BCUT2D eigenvalue weighted by Crippen LogP contribution is -2.45. The molecule has 0 radical (unpaired) electrons. The lowest BCUT2D eigenvalue weighted by molar-refractivity contribution is -0.192. The van der Waals surface area contributed by atoms with Gasteiger partial charge in [0.1, 0.15) is 0 Å². The first kappa shape index (κ1) is 38.1. The second-order valence-corrected chi connectivity index (χ2v) is 12.7. The van der Waals surface area contributed by atoms with Crippen LogP contribution in [-0.4, -0.2) is 91.1 Å². The van der Waals surface area contributed by atoms with Crippen LogP contribution in [-0.2, 0) is 24.4 Å². The molecule has 4 aromatic rings. The molecular formula is C39H44F3N5O5. The van der Waals surface area contributed by atoms with Crippen LogP contribution in [0.3, 0.4) is 0 Å². The molecule has 0 aliphatic carbocycles. The van der Waals surface area contributed by atoms with E-state index in [0.29, 0.717) is 19.9 Å². The van der Waals surface area contributed by atoms with Crippen molar-refractivity contribution in [1.29, 1.82) is 0 Å². The van der Waals surface area contributed by atoms with E-state index in [1.165, 1.54) is 11.1 Å². The molecule has 2 aliphatic rings. The highest BCUT2D eigenvalue weighted by Crippen LogP contribution is 2.32. The number of piperazine rings is 1. The van der Waals surface area contributed by atoms with Gasteiger partial charge in [-0.15, -0.1) is 0 Å². The Balaban J connectivity index is 0.000000679. The number of carbonyl (C=O) groups excluding carboxylic acids is 1. The number of likely N-dealkylation sites (N-methyl/N-ethyl adjacent to an activating group) is 1. The van der Waals surface area contributed by atoms with E-state index < -0.39 is 12.1 Å². The molecule has 52 heavy (non-hydrogen) atoms. The van der Waals surface area contributed by atoms with Gasteiger partial charge < -0.3 is 39.9 Å². The maximum atomic E-state index is 13.4. The monoisotopic (exact) mass is 719 g/mol. The zero-order chi connectivity index (χ0) is 36.9. The number of rotatable bonds is 12. The molecule has 0 atom stereocenters. The SMILES string of the molecule is CN1CCN(CCCN(Cc2cccc(-c3ccc(CNCc4ccc5c(c4)OCO5)cc3)c2)C(=O)Nc2ccccc2)CC1.O=C(O)C(F)(F)F. The van der Waals surface area contributed by atoms with Crippen LogP contribution in [0.1, 0.15) is 23.1 Å². The first-order valence-electron chi connectivity index (χ1n) is 17.1. The number of nitrogens with zero attached hydrogens (tertiary/aromatic N) is 3. The van der Waals surface area contributed by atoms with Crippen LogP contribution >= 0.6 is 0 Å². The maximum absolute atomic E-state index is 13.4. The maximum Gasteiger partial charge on any atom is 0.490 e.